The molecule has 2 aromatic carbocycles. The van der Waals surface area contributed by atoms with E-state index >= 15 is 0 Å². The number of carbonyl (C=O) groups excluding carboxylic acids is 4. The summed E-state index contributed by atoms with van der Waals surface area (Å²) in [4.78, 5) is 49.9. The molecule has 4 rings (SSSR count). The van der Waals surface area contributed by atoms with Gasteiger partial charge in [-0.05, 0) is 111 Å². The van der Waals surface area contributed by atoms with Gasteiger partial charge in [0.15, 0.2) is 5.78 Å². The first-order valence-corrected chi connectivity index (χ1v) is 20.6. The molecule has 2 aromatic rings. The Hall–Kier alpha value is -3.48. The van der Waals surface area contributed by atoms with Crippen molar-refractivity contribution in [3.8, 4) is 0 Å². The number of rotatable bonds is 19. The standard InChI is InChI=1S/C28H44O4.C17H23NO2/c1-5-9-13-21(7-3)19-31-27(29)24-17-11-15-23-16-12-18-25(26(23)24)28(30)32-20-22(8-4)14-10-6-2;1-3-5-16(19)14-8-6-13-11-15(17(20)18-4-2)9-7-12(13)10-14/h11,15,17,21-22,25H,5-10,12-14,16,18-20H2,1-4H3;6,8,10,15H,3-5,7,9,11H2,1-2H3,(H,18,20). The van der Waals surface area contributed by atoms with Gasteiger partial charge in [-0.15, -0.1) is 0 Å². The summed E-state index contributed by atoms with van der Waals surface area (Å²) in [5, 5.41) is 2.90. The molecule has 0 spiro atoms. The van der Waals surface area contributed by atoms with Gasteiger partial charge in [0, 0.05) is 24.4 Å². The number of hydrogen-bond acceptors (Lipinski definition) is 6. The van der Waals surface area contributed by atoms with Gasteiger partial charge in [0.2, 0.25) is 5.91 Å². The van der Waals surface area contributed by atoms with Crippen molar-refractivity contribution in [1.29, 1.82) is 0 Å². The number of ketones is 1. The molecule has 4 unspecified atom stereocenters. The summed E-state index contributed by atoms with van der Waals surface area (Å²) in [6, 6.07) is 11.7. The van der Waals surface area contributed by atoms with Gasteiger partial charge in [0.25, 0.3) is 0 Å². The van der Waals surface area contributed by atoms with E-state index in [2.05, 4.69) is 33.0 Å². The molecular weight excluding hydrogens is 650 g/mol. The van der Waals surface area contributed by atoms with Gasteiger partial charge in [-0.1, -0.05) is 97.4 Å². The Morgan fingerprint density at radius 3 is 2.10 bits per heavy atom. The molecule has 0 aromatic heterocycles. The number of aryl methyl sites for hydroxylation is 2. The first-order chi connectivity index (χ1) is 25.2. The highest BCUT2D eigenvalue weighted by Crippen LogP contribution is 2.36. The number of esters is 2. The zero-order valence-corrected chi connectivity index (χ0v) is 33.2. The Labute approximate surface area is 314 Å². The largest absolute Gasteiger partial charge is 0.465 e. The summed E-state index contributed by atoms with van der Waals surface area (Å²) in [6.07, 6.45) is 15.4. The second-order valence-corrected chi connectivity index (χ2v) is 14.9. The molecule has 1 N–H and O–H groups in total. The topological polar surface area (TPSA) is 98.8 Å². The summed E-state index contributed by atoms with van der Waals surface area (Å²) in [5.74, 6) is 0.421. The van der Waals surface area contributed by atoms with Crippen LogP contribution in [0.3, 0.4) is 0 Å². The van der Waals surface area contributed by atoms with Crippen LogP contribution < -0.4 is 5.32 Å². The number of fused-ring (bicyclic) bond motifs is 2. The number of unbranched alkanes of at least 4 members (excludes halogenated alkanes) is 2. The lowest BCUT2D eigenvalue weighted by Gasteiger charge is -2.27. The molecule has 52 heavy (non-hydrogen) atoms. The van der Waals surface area contributed by atoms with Crippen LogP contribution in [0.25, 0.3) is 0 Å². The Bertz CT molecular complexity index is 1430. The first kappa shape index (κ1) is 42.9. The predicted molar refractivity (Wildman–Crippen MR) is 210 cm³/mol. The highest BCUT2D eigenvalue weighted by Gasteiger charge is 2.33. The Balaban J connectivity index is 0.000000311. The van der Waals surface area contributed by atoms with Crippen molar-refractivity contribution in [2.24, 2.45) is 17.8 Å². The molecule has 0 heterocycles. The minimum Gasteiger partial charge on any atom is -0.465 e. The second-order valence-electron chi connectivity index (χ2n) is 14.9. The Morgan fingerprint density at radius 2 is 1.46 bits per heavy atom. The van der Waals surface area contributed by atoms with Crippen molar-refractivity contribution in [1.82, 2.24) is 5.32 Å². The molecule has 2 aliphatic carbocycles. The molecule has 7 nitrogen and oxygen atoms in total. The smallest absolute Gasteiger partial charge is 0.338 e. The Morgan fingerprint density at radius 1 is 0.769 bits per heavy atom. The molecule has 0 radical (unpaired) electrons. The molecule has 0 saturated carbocycles. The van der Waals surface area contributed by atoms with Crippen LogP contribution in [0.4, 0.5) is 0 Å². The Kier molecular flexibility index (Phi) is 19.2. The summed E-state index contributed by atoms with van der Waals surface area (Å²) >= 11 is 0. The van der Waals surface area contributed by atoms with Crippen LogP contribution in [0, 0.1) is 17.8 Å². The third-order valence-corrected chi connectivity index (χ3v) is 10.9. The van der Waals surface area contributed by atoms with Gasteiger partial charge >= 0.3 is 11.9 Å². The SMILES string of the molecule is CCCC(=O)c1ccc2c(c1)CCC(C(=O)NCC)C2.CCCCC(CC)COC(=O)c1cccc2c1C(C(=O)OCC(CC)CCCC)CCC2. The van der Waals surface area contributed by atoms with E-state index in [1.54, 1.807) is 0 Å². The van der Waals surface area contributed by atoms with Crippen molar-refractivity contribution in [2.75, 3.05) is 19.8 Å². The summed E-state index contributed by atoms with van der Waals surface area (Å²) in [6.45, 7) is 14.2. The van der Waals surface area contributed by atoms with Crippen LogP contribution in [0.1, 0.15) is 174 Å². The number of benzene rings is 2. The van der Waals surface area contributed by atoms with Gasteiger partial charge < -0.3 is 14.8 Å². The molecule has 1 amide bonds. The first-order valence-electron chi connectivity index (χ1n) is 20.6. The van der Waals surface area contributed by atoms with E-state index in [9.17, 15) is 19.2 Å². The lowest BCUT2D eigenvalue weighted by atomic mass is 9.80. The van der Waals surface area contributed by atoms with E-state index in [-0.39, 0.29) is 35.5 Å². The molecule has 0 bridgehead atoms. The summed E-state index contributed by atoms with van der Waals surface area (Å²) in [5.41, 5.74) is 5.77. The fraction of sp³-hybridized carbons (Fsp3) is 0.644. The number of ether oxygens (including phenoxy) is 2. The fourth-order valence-corrected chi connectivity index (χ4v) is 7.51. The van der Waals surface area contributed by atoms with Gasteiger partial charge in [-0.2, -0.15) is 0 Å². The van der Waals surface area contributed by atoms with Crippen molar-refractivity contribution < 1.29 is 28.7 Å². The van der Waals surface area contributed by atoms with E-state index in [0.29, 0.717) is 43.6 Å². The minimum atomic E-state index is -0.367. The van der Waals surface area contributed by atoms with Gasteiger partial charge in [0.05, 0.1) is 24.7 Å². The fourth-order valence-electron chi connectivity index (χ4n) is 7.51. The van der Waals surface area contributed by atoms with E-state index in [1.807, 2.05) is 50.2 Å². The third-order valence-electron chi connectivity index (χ3n) is 10.9. The maximum atomic E-state index is 13.1. The minimum absolute atomic E-state index is 0.0830. The van der Waals surface area contributed by atoms with Crippen molar-refractivity contribution in [2.45, 2.75) is 150 Å². The molecule has 0 saturated heterocycles. The van der Waals surface area contributed by atoms with Crippen LogP contribution in [-0.4, -0.2) is 43.4 Å². The quantitative estimate of drug-likeness (QED) is 0.115. The van der Waals surface area contributed by atoms with Crippen LogP contribution in [0.15, 0.2) is 36.4 Å². The predicted octanol–water partition coefficient (Wildman–Crippen LogP) is 10.1. The zero-order chi connectivity index (χ0) is 37.9. The lowest BCUT2D eigenvalue weighted by molar-refractivity contribution is -0.147. The maximum Gasteiger partial charge on any atom is 0.338 e. The number of nitrogens with one attached hydrogen (secondary N) is 1. The van der Waals surface area contributed by atoms with E-state index in [4.69, 9.17) is 9.47 Å². The monoisotopic (exact) mass is 717 g/mol. The average molecular weight is 718 g/mol. The van der Waals surface area contributed by atoms with Gasteiger partial charge in [0.1, 0.15) is 0 Å². The van der Waals surface area contributed by atoms with E-state index in [0.717, 1.165) is 113 Å². The lowest BCUT2D eigenvalue weighted by Crippen LogP contribution is -2.33. The normalized spacial score (nSPS) is 17.3. The van der Waals surface area contributed by atoms with Crippen molar-refractivity contribution >= 4 is 23.6 Å². The third kappa shape index (κ3) is 12.9. The molecule has 7 heteroatoms. The number of amides is 1. The average Bonchev–Trinajstić information content (AvgIpc) is 3.17. The number of carbonyl (C=O) groups is 4. The molecule has 0 aliphatic heterocycles. The molecule has 288 valence electrons. The van der Waals surface area contributed by atoms with Crippen LogP contribution in [0.5, 0.6) is 0 Å². The van der Waals surface area contributed by atoms with Gasteiger partial charge in [-0.25, -0.2) is 4.79 Å². The number of hydrogen-bond donors (Lipinski definition) is 1. The second kappa shape index (κ2) is 23.2. The molecule has 0 fully saturated rings. The highest BCUT2D eigenvalue weighted by atomic mass is 16.5. The molecule has 2 aliphatic rings. The van der Waals surface area contributed by atoms with Crippen molar-refractivity contribution in [3.63, 3.8) is 0 Å². The molecule has 4 atom stereocenters. The number of Topliss-reactive ketones (excluding diaryl/α,β-unsaturated/α-hetero) is 1. The molecular formula is C45H67NO6. The van der Waals surface area contributed by atoms with Crippen LogP contribution in [-0.2, 0) is 38.3 Å². The summed E-state index contributed by atoms with van der Waals surface area (Å²) in [7, 11) is 0. The van der Waals surface area contributed by atoms with Crippen LogP contribution in [0.2, 0.25) is 0 Å². The van der Waals surface area contributed by atoms with Crippen LogP contribution >= 0.6 is 0 Å². The van der Waals surface area contributed by atoms with E-state index < -0.39 is 0 Å². The van der Waals surface area contributed by atoms with E-state index in [1.165, 1.54) is 11.1 Å². The van der Waals surface area contributed by atoms with Crippen molar-refractivity contribution in [3.05, 3.63) is 69.8 Å². The van der Waals surface area contributed by atoms with Gasteiger partial charge in [-0.3, -0.25) is 14.4 Å². The highest BCUT2D eigenvalue weighted by molar-refractivity contribution is 5.96. The maximum absolute atomic E-state index is 13.1. The summed E-state index contributed by atoms with van der Waals surface area (Å²) < 4.78 is 11.5. The zero-order valence-electron chi connectivity index (χ0n) is 33.2.